The van der Waals surface area contributed by atoms with Crippen molar-refractivity contribution in [2.24, 2.45) is 0 Å². The summed E-state index contributed by atoms with van der Waals surface area (Å²) in [6.45, 7) is 2.24. The molecule has 0 aliphatic heterocycles. The van der Waals surface area contributed by atoms with Crippen LogP contribution in [0.3, 0.4) is 0 Å². The van der Waals surface area contributed by atoms with Gasteiger partial charge in [0.1, 0.15) is 6.20 Å². The predicted molar refractivity (Wildman–Crippen MR) is 74.2 cm³/mol. The molecule has 0 amide bonds. The van der Waals surface area contributed by atoms with Crippen LogP contribution in [-0.4, -0.2) is 9.97 Å². The first-order chi connectivity index (χ1) is 8.90. The van der Waals surface area contributed by atoms with Crippen molar-refractivity contribution in [3.8, 4) is 11.3 Å². The molecule has 2 aromatic rings. The minimum atomic E-state index is 0.909. The fraction of sp³-hybridized carbons (Fsp3) is 0.375. The lowest BCUT2D eigenvalue weighted by Gasteiger charge is -2.03. The van der Waals surface area contributed by atoms with E-state index in [4.69, 9.17) is 0 Å². The van der Waals surface area contributed by atoms with Gasteiger partial charge in [0.2, 0.25) is 0 Å². The maximum absolute atomic E-state index is 4.25. The molecule has 0 bridgehead atoms. The second kappa shape index (κ2) is 6.90. The molecule has 0 saturated carbocycles. The van der Waals surface area contributed by atoms with E-state index in [0.717, 1.165) is 11.3 Å². The summed E-state index contributed by atoms with van der Waals surface area (Å²) < 4.78 is 0. The number of nitrogens with zero attached hydrogens (tertiary/aromatic N) is 2. The summed E-state index contributed by atoms with van der Waals surface area (Å²) in [5.74, 6) is 0. The Morgan fingerprint density at radius 3 is 2.56 bits per heavy atom. The van der Waals surface area contributed by atoms with Crippen molar-refractivity contribution in [2.45, 2.75) is 39.0 Å². The molecule has 1 aromatic heterocycles. The highest BCUT2D eigenvalue weighted by molar-refractivity contribution is 5.57. The largest absolute Gasteiger partial charge is 0.252 e. The van der Waals surface area contributed by atoms with Gasteiger partial charge >= 0.3 is 0 Å². The van der Waals surface area contributed by atoms with Crippen LogP contribution in [0.4, 0.5) is 0 Å². The van der Waals surface area contributed by atoms with E-state index >= 15 is 0 Å². The van der Waals surface area contributed by atoms with Gasteiger partial charge in [0.25, 0.3) is 0 Å². The Balaban J connectivity index is 1.94. The van der Waals surface area contributed by atoms with Gasteiger partial charge in [0.05, 0.1) is 18.1 Å². The first kappa shape index (κ1) is 12.7. The molecular formula is C16H19N2. The lowest BCUT2D eigenvalue weighted by molar-refractivity contribution is 0.667. The summed E-state index contributed by atoms with van der Waals surface area (Å²) in [7, 11) is 0. The van der Waals surface area contributed by atoms with Gasteiger partial charge < -0.3 is 0 Å². The highest BCUT2D eigenvalue weighted by atomic mass is 14.8. The number of hydrogen-bond donors (Lipinski definition) is 0. The first-order valence-electron chi connectivity index (χ1n) is 6.67. The van der Waals surface area contributed by atoms with Gasteiger partial charge in [0.15, 0.2) is 0 Å². The molecule has 2 heteroatoms. The molecule has 0 unspecified atom stereocenters. The topological polar surface area (TPSA) is 25.8 Å². The van der Waals surface area contributed by atoms with E-state index in [9.17, 15) is 0 Å². The molecule has 18 heavy (non-hydrogen) atoms. The average molecular weight is 239 g/mol. The van der Waals surface area contributed by atoms with E-state index in [1.165, 1.54) is 37.7 Å². The molecule has 2 nitrogen and oxygen atoms in total. The van der Waals surface area contributed by atoms with Gasteiger partial charge in [0, 0.05) is 5.56 Å². The van der Waals surface area contributed by atoms with Crippen molar-refractivity contribution in [1.29, 1.82) is 0 Å². The van der Waals surface area contributed by atoms with Gasteiger partial charge in [-0.25, -0.2) is 0 Å². The van der Waals surface area contributed by atoms with Crippen LogP contribution < -0.4 is 0 Å². The van der Waals surface area contributed by atoms with Crippen LogP contribution in [0.15, 0.2) is 36.7 Å². The molecule has 93 valence electrons. The Hall–Kier alpha value is -1.70. The first-order valence-corrected chi connectivity index (χ1v) is 6.67. The molecule has 0 fully saturated rings. The minimum Gasteiger partial charge on any atom is -0.252 e. The van der Waals surface area contributed by atoms with Crippen molar-refractivity contribution in [3.05, 3.63) is 48.4 Å². The van der Waals surface area contributed by atoms with E-state index in [-0.39, 0.29) is 0 Å². The van der Waals surface area contributed by atoms with Crippen LogP contribution in [0.5, 0.6) is 0 Å². The smallest absolute Gasteiger partial charge is 0.109 e. The van der Waals surface area contributed by atoms with E-state index in [2.05, 4.69) is 47.4 Å². The van der Waals surface area contributed by atoms with Crippen LogP contribution in [-0.2, 0) is 6.42 Å². The molecule has 0 aliphatic rings. The molecule has 0 spiro atoms. The van der Waals surface area contributed by atoms with Crippen molar-refractivity contribution < 1.29 is 0 Å². The van der Waals surface area contributed by atoms with E-state index in [0.29, 0.717) is 0 Å². The van der Waals surface area contributed by atoms with Gasteiger partial charge in [-0.1, -0.05) is 50.5 Å². The number of benzene rings is 1. The minimum absolute atomic E-state index is 0.909. The monoisotopic (exact) mass is 239 g/mol. The maximum atomic E-state index is 4.25. The zero-order valence-corrected chi connectivity index (χ0v) is 10.9. The molecule has 0 atom stereocenters. The standard InChI is InChI=1S/C16H19N2/c1-2-3-4-5-6-14-7-9-15(10-8-14)16-13-17-11-12-18-16/h7-10,12-13H,2-6H2,1H3. The third-order valence-corrected chi connectivity index (χ3v) is 3.09. The molecule has 1 radical (unpaired) electrons. The van der Waals surface area contributed by atoms with Crippen molar-refractivity contribution in [2.75, 3.05) is 0 Å². The van der Waals surface area contributed by atoms with Crippen LogP contribution in [0.2, 0.25) is 0 Å². The summed E-state index contributed by atoms with van der Waals surface area (Å²) in [6.07, 6.45) is 12.5. The summed E-state index contributed by atoms with van der Waals surface area (Å²) in [6, 6.07) is 8.64. The van der Waals surface area contributed by atoms with E-state index in [1.807, 2.05) is 0 Å². The number of aryl methyl sites for hydroxylation is 1. The van der Waals surface area contributed by atoms with Crippen molar-refractivity contribution in [1.82, 2.24) is 9.97 Å². The van der Waals surface area contributed by atoms with Crippen LogP contribution in [0, 0.1) is 6.20 Å². The number of unbranched alkanes of at least 4 members (excludes halogenated alkanes) is 3. The third kappa shape index (κ3) is 3.66. The molecule has 0 N–H and O–H groups in total. The molecule has 0 aliphatic carbocycles. The molecule has 2 rings (SSSR count). The van der Waals surface area contributed by atoms with Gasteiger partial charge in [-0.05, 0) is 18.4 Å². The third-order valence-electron chi connectivity index (χ3n) is 3.09. The number of rotatable bonds is 6. The van der Waals surface area contributed by atoms with Gasteiger partial charge in [-0.3, -0.25) is 9.97 Å². The second-order valence-corrected chi connectivity index (χ2v) is 4.54. The maximum Gasteiger partial charge on any atom is 0.109 e. The zero-order valence-electron chi connectivity index (χ0n) is 10.9. The fourth-order valence-electron chi connectivity index (χ4n) is 2.01. The van der Waals surface area contributed by atoms with Gasteiger partial charge in [-0.2, -0.15) is 0 Å². The second-order valence-electron chi connectivity index (χ2n) is 4.54. The van der Waals surface area contributed by atoms with Crippen molar-refractivity contribution >= 4 is 0 Å². The quantitative estimate of drug-likeness (QED) is 0.710. The Labute approximate surface area is 109 Å². The zero-order chi connectivity index (χ0) is 12.6. The Morgan fingerprint density at radius 1 is 1.06 bits per heavy atom. The highest BCUT2D eigenvalue weighted by Crippen LogP contribution is 2.17. The predicted octanol–water partition coefficient (Wildman–Crippen LogP) is 4.07. The molecule has 0 saturated heterocycles. The molecule has 1 aromatic carbocycles. The normalized spacial score (nSPS) is 10.5. The lowest BCUT2D eigenvalue weighted by Crippen LogP contribution is -1.88. The van der Waals surface area contributed by atoms with Crippen LogP contribution in [0.1, 0.15) is 38.2 Å². The summed E-state index contributed by atoms with van der Waals surface area (Å²) in [5.41, 5.74) is 3.44. The summed E-state index contributed by atoms with van der Waals surface area (Å²) >= 11 is 0. The summed E-state index contributed by atoms with van der Waals surface area (Å²) in [5, 5.41) is 0. The Morgan fingerprint density at radius 2 is 1.89 bits per heavy atom. The molecule has 1 heterocycles. The Bertz CT molecular complexity index is 448. The fourth-order valence-corrected chi connectivity index (χ4v) is 2.01. The van der Waals surface area contributed by atoms with E-state index in [1.54, 1.807) is 12.4 Å². The molecular weight excluding hydrogens is 220 g/mol. The van der Waals surface area contributed by atoms with Gasteiger partial charge in [-0.15, -0.1) is 0 Å². The number of aromatic nitrogens is 2. The van der Waals surface area contributed by atoms with E-state index < -0.39 is 0 Å². The SMILES string of the molecule is CCCCCCc1ccc(-c2cn[c]cn2)cc1. The van der Waals surface area contributed by atoms with Crippen molar-refractivity contribution in [3.63, 3.8) is 0 Å². The Kier molecular flexibility index (Phi) is 4.88. The van der Waals surface area contributed by atoms with Crippen LogP contribution in [0.25, 0.3) is 11.3 Å². The lowest BCUT2D eigenvalue weighted by atomic mass is 10.0. The average Bonchev–Trinajstić information content (AvgIpc) is 2.45. The number of hydrogen-bond acceptors (Lipinski definition) is 2. The highest BCUT2D eigenvalue weighted by Gasteiger charge is 1.99. The summed E-state index contributed by atoms with van der Waals surface area (Å²) in [4.78, 5) is 8.21. The van der Waals surface area contributed by atoms with Crippen LogP contribution >= 0.6 is 0 Å².